The minimum atomic E-state index is -0.164. The molecule has 0 saturated carbocycles. The van der Waals surface area contributed by atoms with Gasteiger partial charge >= 0.3 is 0 Å². The summed E-state index contributed by atoms with van der Waals surface area (Å²) in [5.74, 6) is -0.164. The number of hydrogen-bond donors (Lipinski definition) is 3. The van der Waals surface area contributed by atoms with E-state index in [1.54, 1.807) is 19.4 Å². The predicted octanol–water partition coefficient (Wildman–Crippen LogP) is 0.385. The third-order valence-electron chi connectivity index (χ3n) is 2.67. The summed E-state index contributed by atoms with van der Waals surface area (Å²) in [5.41, 5.74) is 0.465. The third kappa shape index (κ3) is 2.37. The molecule has 6 heteroatoms. The summed E-state index contributed by atoms with van der Waals surface area (Å²) in [6.45, 7) is 1.48. The highest BCUT2D eigenvalue weighted by Gasteiger charge is 2.28. The molecule has 5 nitrogen and oxygen atoms in total. The molecule has 0 spiro atoms. The van der Waals surface area contributed by atoms with Crippen molar-refractivity contribution in [3.05, 3.63) is 23.0 Å². The first-order chi connectivity index (χ1) is 7.70. The van der Waals surface area contributed by atoms with E-state index in [4.69, 9.17) is 16.3 Å². The molecule has 1 aromatic rings. The second-order valence-corrected chi connectivity index (χ2v) is 4.18. The first-order valence-corrected chi connectivity index (χ1v) is 5.47. The van der Waals surface area contributed by atoms with Crippen LogP contribution in [0.2, 0.25) is 5.02 Å². The third-order valence-corrected chi connectivity index (χ3v) is 2.89. The van der Waals surface area contributed by atoms with Gasteiger partial charge in [0.05, 0.1) is 17.2 Å². The molecular weight excluding hydrogens is 230 g/mol. The number of methoxy groups -OCH3 is 1. The number of carbonyl (C=O) groups excluding carboxylic acids is 1. The normalized spacial score (nSPS) is 24.6. The number of carbonyl (C=O) groups is 1. The molecule has 1 amide bonds. The molecule has 1 aromatic heterocycles. The van der Waals surface area contributed by atoms with Crippen LogP contribution in [0.5, 0.6) is 0 Å². The van der Waals surface area contributed by atoms with Crippen LogP contribution < -0.4 is 10.6 Å². The van der Waals surface area contributed by atoms with Gasteiger partial charge in [-0.2, -0.15) is 0 Å². The van der Waals surface area contributed by atoms with Gasteiger partial charge in [0.1, 0.15) is 5.69 Å². The lowest BCUT2D eigenvalue weighted by molar-refractivity contribution is 0.0777. The van der Waals surface area contributed by atoms with Gasteiger partial charge in [-0.1, -0.05) is 11.6 Å². The molecule has 0 aromatic carbocycles. The van der Waals surface area contributed by atoms with Crippen LogP contribution in [0, 0.1) is 0 Å². The number of hydrogen-bond acceptors (Lipinski definition) is 3. The van der Waals surface area contributed by atoms with Crippen molar-refractivity contribution < 1.29 is 9.53 Å². The number of nitrogens with one attached hydrogen (secondary N) is 3. The summed E-state index contributed by atoms with van der Waals surface area (Å²) < 4.78 is 5.25. The van der Waals surface area contributed by atoms with E-state index in [1.165, 1.54) is 0 Å². The van der Waals surface area contributed by atoms with Gasteiger partial charge in [0.15, 0.2) is 0 Å². The molecule has 2 heterocycles. The van der Waals surface area contributed by atoms with Crippen LogP contribution in [0.4, 0.5) is 0 Å². The molecule has 0 radical (unpaired) electrons. The lowest BCUT2D eigenvalue weighted by Crippen LogP contribution is -2.43. The van der Waals surface area contributed by atoms with Crippen molar-refractivity contribution in [3.8, 4) is 0 Å². The molecule has 0 aliphatic carbocycles. The number of amides is 1. The molecule has 1 aliphatic heterocycles. The highest BCUT2D eigenvalue weighted by atomic mass is 35.5. The average Bonchev–Trinajstić information content (AvgIpc) is 2.86. The zero-order valence-electron chi connectivity index (χ0n) is 8.92. The highest BCUT2D eigenvalue weighted by molar-refractivity contribution is 6.30. The number of rotatable bonds is 3. The Bertz CT molecular complexity index is 380. The van der Waals surface area contributed by atoms with Gasteiger partial charge in [-0.15, -0.1) is 0 Å². The van der Waals surface area contributed by atoms with E-state index < -0.39 is 0 Å². The van der Waals surface area contributed by atoms with Gasteiger partial charge in [-0.05, 0) is 6.07 Å². The second kappa shape index (κ2) is 4.86. The van der Waals surface area contributed by atoms with Crippen molar-refractivity contribution in [2.45, 2.75) is 12.1 Å². The smallest absolute Gasteiger partial charge is 0.268 e. The van der Waals surface area contributed by atoms with E-state index in [9.17, 15) is 4.79 Å². The molecule has 16 heavy (non-hydrogen) atoms. The Morgan fingerprint density at radius 2 is 2.44 bits per heavy atom. The molecule has 2 rings (SSSR count). The highest BCUT2D eigenvalue weighted by Crippen LogP contribution is 2.10. The van der Waals surface area contributed by atoms with Gasteiger partial charge in [-0.25, -0.2) is 0 Å². The van der Waals surface area contributed by atoms with Crippen molar-refractivity contribution in [3.63, 3.8) is 0 Å². The van der Waals surface area contributed by atoms with Crippen molar-refractivity contribution >= 4 is 17.5 Å². The number of aromatic nitrogens is 1. The fourth-order valence-electron chi connectivity index (χ4n) is 1.79. The van der Waals surface area contributed by atoms with Crippen molar-refractivity contribution in [2.24, 2.45) is 0 Å². The molecule has 0 bridgehead atoms. The number of ether oxygens (including phenoxy) is 1. The predicted molar refractivity (Wildman–Crippen MR) is 60.7 cm³/mol. The summed E-state index contributed by atoms with van der Waals surface area (Å²) in [5, 5.41) is 6.58. The van der Waals surface area contributed by atoms with E-state index in [1.807, 2.05) is 0 Å². The van der Waals surface area contributed by atoms with Gasteiger partial charge in [0.25, 0.3) is 5.91 Å². The van der Waals surface area contributed by atoms with E-state index in [-0.39, 0.29) is 18.1 Å². The Hall–Kier alpha value is -1.04. The van der Waals surface area contributed by atoms with Crippen molar-refractivity contribution in [2.75, 3.05) is 20.2 Å². The van der Waals surface area contributed by atoms with Crippen LogP contribution >= 0.6 is 11.6 Å². The van der Waals surface area contributed by atoms with E-state index in [0.29, 0.717) is 10.7 Å². The average molecular weight is 244 g/mol. The Balaban J connectivity index is 1.97. The summed E-state index contributed by atoms with van der Waals surface area (Å²) in [6.07, 6.45) is 1.60. The maximum absolute atomic E-state index is 11.8. The Kier molecular flexibility index (Phi) is 3.48. The van der Waals surface area contributed by atoms with Crippen LogP contribution in [0.25, 0.3) is 0 Å². The first-order valence-electron chi connectivity index (χ1n) is 5.09. The van der Waals surface area contributed by atoms with Gasteiger partial charge in [0, 0.05) is 26.4 Å². The van der Waals surface area contributed by atoms with Crippen LogP contribution in [-0.4, -0.2) is 43.2 Å². The minimum absolute atomic E-state index is 0.000393. The molecule has 88 valence electrons. The van der Waals surface area contributed by atoms with Gasteiger partial charge in [-0.3, -0.25) is 4.79 Å². The van der Waals surface area contributed by atoms with Crippen molar-refractivity contribution in [1.29, 1.82) is 0 Å². The second-order valence-electron chi connectivity index (χ2n) is 3.74. The molecule has 1 aliphatic rings. The molecule has 1 saturated heterocycles. The quantitative estimate of drug-likeness (QED) is 0.719. The number of halogens is 1. The Morgan fingerprint density at radius 3 is 3.06 bits per heavy atom. The fourth-order valence-corrected chi connectivity index (χ4v) is 1.96. The zero-order valence-corrected chi connectivity index (χ0v) is 9.67. The summed E-state index contributed by atoms with van der Waals surface area (Å²) in [6, 6.07) is 1.60. The topological polar surface area (TPSA) is 66.2 Å². The van der Waals surface area contributed by atoms with Gasteiger partial charge in [0.2, 0.25) is 0 Å². The maximum Gasteiger partial charge on any atom is 0.268 e. The molecule has 3 N–H and O–H groups in total. The van der Waals surface area contributed by atoms with E-state index in [2.05, 4.69) is 15.6 Å². The lowest BCUT2D eigenvalue weighted by atomic mass is 10.2. The standard InChI is InChI=1S/C10H14ClN3O2/c1-16-9-5-12-4-8(9)14-10(15)7-2-6(11)3-13-7/h2-3,8-9,12-13H,4-5H2,1H3,(H,14,15)/t8?,9-/m0/s1. The number of aromatic amines is 1. The minimum Gasteiger partial charge on any atom is -0.378 e. The monoisotopic (exact) mass is 243 g/mol. The summed E-state index contributed by atoms with van der Waals surface area (Å²) in [7, 11) is 1.64. The molecular formula is C10H14ClN3O2. The molecule has 2 atom stereocenters. The Morgan fingerprint density at radius 1 is 1.62 bits per heavy atom. The first kappa shape index (κ1) is 11.4. The van der Waals surface area contributed by atoms with Gasteiger partial charge < -0.3 is 20.4 Å². The van der Waals surface area contributed by atoms with Crippen molar-refractivity contribution in [1.82, 2.24) is 15.6 Å². The maximum atomic E-state index is 11.8. The Labute approximate surface area is 98.5 Å². The zero-order chi connectivity index (χ0) is 11.5. The van der Waals surface area contributed by atoms with Crippen LogP contribution in [-0.2, 0) is 4.74 Å². The van der Waals surface area contributed by atoms with E-state index >= 15 is 0 Å². The van der Waals surface area contributed by atoms with Crippen LogP contribution in [0.1, 0.15) is 10.5 Å². The largest absolute Gasteiger partial charge is 0.378 e. The fraction of sp³-hybridized carbons (Fsp3) is 0.500. The van der Waals surface area contributed by atoms with Crippen LogP contribution in [0.3, 0.4) is 0 Å². The summed E-state index contributed by atoms with van der Waals surface area (Å²) >= 11 is 5.73. The number of H-pyrrole nitrogens is 1. The SMILES string of the molecule is CO[C@H]1CNCC1NC(=O)c1cc(Cl)c[nH]1. The van der Waals surface area contributed by atoms with Crippen LogP contribution in [0.15, 0.2) is 12.3 Å². The molecule has 1 fully saturated rings. The van der Waals surface area contributed by atoms with E-state index in [0.717, 1.165) is 13.1 Å². The molecule has 1 unspecified atom stereocenters. The lowest BCUT2D eigenvalue weighted by Gasteiger charge is -2.17. The summed E-state index contributed by atoms with van der Waals surface area (Å²) in [4.78, 5) is 14.6.